The standard InChI is InChI=1S/C19H19Br2ClO/c1-4-11(2)7-15(20)8-13-5-6-14-9-16(22)10-17(21)18(14)19(23)12(13)3/h7-10H,4-6H2,1-3H3/b11-7+,15-8+. The zero-order chi connectivity index (χ0) is 17.1. The maximum atomic E-state index is 12.8. The smallest absolute Gasteiger partial charge is 0.190 e. The fourth-order valence-corrected chi connectivity index (χ4v) is 4.32. The Hall–Kier alpha value is -0.640. The van der Waals surface area contributed by atoms with Gasteiger partial charge in [0.25, 0.3) is 0 Å². The van der Waals surface area contributed by atoms with Crippen LogP contribution in [-0.4, -0.2) is 5.78 Å². The Kier molecular flexibility index (Phi) is 6.47. The van der Waals surface area contributed by atoms with Gasteiger partial charge in [0.05, 0.1) is 0 Å². The third kappa shape index (κ3) is 4.46. The molecule has 0 aromatic heterocycles. The number of ketones is 1. The van der Waals surface area contributed by atoms with Crippen molar-refractivity contribution in [1.82, 2.24) is 0 Å². The summed E-state index contributed by atoms with van der Waals surface area (Å²) in [5.74, 6) is 0.0729. The lowest BCUT2D eigenvalue weighted by Crippen LogP contribution is -2.04. The Bertz CT molecular complexity index is 742. The summed E-state index contributed by atoms with van der Waals surface area (Å²) in [7, 11) is 0. The second-order valence-electron chi connectivity index (χ2n) is 5.77. The van der Waals surface area contributed by atoms with Gasteiger partial charge in [-0.05, 0) is 84.5 Å². The minimum absolute atomic E-state index is 0.0729. The molecule has 0 saturated carbocycles. The SMILES string of the molecule is CC/C(C)=C/C(Br)=C\C1=C(C)C(=O)c2c(Br)cc(Cl)cc2CC1. The number of carbonyl (C=O) groups is 1. The Morgan fingerprint density at radius 1 is 1.35 bits per heavy atom. The minimum Gasteiger partial charge on any atom is -0.289 e. The molecular weight excluding hydrogens is 439 g/mol. The number of benzene rings is 1. The number of halogens is 3. The van der Waals surface area contributed by atoms with Gasteiger partial charge >= 0.3 is 0 Å². The first-order chi connectivity index (χ1) is 10.8. The molecule has 1 aliphatic carbocycles. The Labute approximate surface area is 159 Å². The van der Waals surface area contributed by atoms with E-state index in [9.17, 15) is 4.79 Å². The molecule has 1 aromatic rings. The van der Waals surface area contributed by atoms with Crippen LogP contribution in [0, 0.1) is 0 Å². The van der Waals surface area contributed by atoms with E-state index in [0.29, 0.717) is 5.02 Å². The lowest BCUT2D eigenvalue weighted by Gasteiger charge is -2.08. The summed E-state index contributed by atoms with van der Waals surface area (Å²) in [5, 5.41) is 0.655. The highest BCUT2D eigenvalue weighted by Crippen LogP contribution is 2.34. The summed E-state index contributed by atoms with van der Waals surface area (Å²) in [4.78, 5) is 12.8. The van der Waals surface area contributed by atoms with Crippen LogP contribution in [0.25, 0.3) is 0 Å². The van der Waals surface area contributed by atoms with Crippen molar-refractivity contribution in [2.24, 2.45) is 0 Å². The van der Waals surface area contributed by atoms with E-state index in [-0.39, 0.29) is 5.78 Å². The van der Waals surface area contributed by atoms with Crippen LogP contribution >= 0.6 is 43.5 Å². The average molecular weight is 459 g/mol. The van der Waals surface area contributed by atoms with Crippen LogP contribution in [0.5, 0.6) is 0 Å². The predicted octanol–water partition coefficient (Wildman–Crippen LogP) is 7.18. The molecule has 122 valence electrons. The van der Waals surface area contributed by atoms with Gasteiger partial charge in [-0.2, -0.15) is 0 Å². The van der Waals surface area contributed by atoms with E-state index < -0.39 is 0 Å². The maximum Gasteiger partial charge on any atom is 0.190 e. The van der Waals surface area contributed by atoms with E-state index in [0.717, 1.165) is 50.5 Å². The number of carbonyl (C=O) groups excluding carboxylic acids is 1. The molecular formula is C19H19Br2ClO. The Morgan fingerprint density at radius 2 is 2.04 bits per heavy atom. The molecule has 2 rings (SSSR count). The molecule has 0 heterocycles. The number of hydrogen-bond acceptors (Lipinski definition) is 1. The van der Waals surface area contributed by atoms with E-state index in [4.69, 9.17) is 11.6 Å². The summed E-state index contributed by atoms with van der Waals surface area (Å²) >= 11 is 13.2. The van der Waals surface area contributed by atoms with Crippen LogP contribution in [-0.2, 0) is 6.42 Å². The summed E-state index contributed by atoms with van der Waals surface area (Å²) < 4.78 is 1.78. The van der Waals surface area contributed by atoms with E-state index in [1.165, 1.54) is 5.57 Å². The van der Waals surface area contributed by atoms with E-state index in [1.807, 2.05) is 13.0 Å². The van der Waals surface area contributed by atoms with Crippen LogP contribution in [0.3, 0.4) is 0 Å². The maximum absolute atomic E-state index is 12.8. The third-order valence-electron chi connectivity index (χ3n) is 4.10. The molecule has 1 nitrogen and oxygen atoms in total. The quantitative estimate of drug-likeness (QED) is 0.438. The molecule has 1 aliphatic rings. The van der Waals surface area contributed by atoms with Crippen LogP contribution in [0.1, 0.15) is 49.5 Å². The summed E-state index contributed by atoms with van der Waals surface area (Å²) in [6.07, 6.45) is 6.81. The molecule has 0 radical (unpaired) electrons. The van der Waals surface area contributed by atoms with Gasteiger partial charge in [0.2, 0.25) is 0 Å². The second kappa shape index (κ2) is 7.96. The summed E-state index contributed by atoms with van der Waals surface area (Å²) in [5.41, 5.74) is 4.91. The van der Waals surface area contributed by atoms with Gasteiger partial charge in [-0.15, -0.1) is 0 Å². The van der Waals surface area contributed by atoms with Crippen molar-refractivity contribution >= 4 is 49.2 Å². The van der Waals surface area contributed by atoms with E-state index >= 15 is 0 Å². The van der Waals surface area contributed by atoms with Crippen molar-refractivity contribution in [2.75, 3.05) is 0 Å². The lowest BCUT2D eigenvalue weighted by atomic mass is 9.99. The molecule has 0 unspecified atom stereocenters. The van der Waals surface area contributed by atoms with E-state index in [2.05, 4.69) is 57.9 Å². The predicted molar refractivity (Wildman–Crippen MR) is 106 cm³/mol. The molecule has 0 N–H and O–H groups in total. The van der Waals surface area contributed by atoms with Gasteiger partial charge in [0.15, 0.2) is 5.78 Å². The molecule has 1 aromatic carbocycles. The fourth-order valence-electron chi connectivity index (χ4n) is 2.59. The van der Waals surface area contributed by atoms with Gasteiger partial charge in [-0.1, -0.05) is 40.0 Å². The molecule has 0 aliphatic heterocycles. The van der Waals surface area contributed by atoms with Crippen molar-refractivity contribution in [3.63, 3.8) is 0 Å². The number of allylic oxidation sites excluding steroid dienone is 6. The molecule has 0 bridgehead atoms. The first-order valence-electron chi connectivity index (χ1n) is 7.60. The molecule has 0 amide bonds. The second-order valence-corrected chi connectivity index (χ2v) is 7.98. The molecule has 0 spiro atoms. The summed E-state index contributed by atoms with van der Waals surface area (Å²) in [6.45, 7) is 6.13. The zero-order valence-corrected chi connectivity index (χ0v) is 17.4. The fraction of sp³-hybridized carbons (Fsp3) is 0.316. The highest BCUT2D eigenvalue weighted by molar-refractivity contribution is 9.12. The lowest BCUT2D eigenvalue weighted by molar-refractivity contribution is 0.103. The number of aryl methyl sites for hydroxylation is 1. The van der Waals surface area contributed by atoms with Crippen molar-refractivity contribution < 1.29 is 4.79 Å². The van der Waals surface area contributed by atoms with Crippen LogP contribution in [0.15, 0.2) is 50.0 Å². The van der Waals surface area contributed by atoms with Gasteiger partial charge in [-0.25, -0.2) is 0 Å². The third-order valence-corrected chi connectivity index (χ3v) is 5.41. The van der Waals surface area contributed by atoms with Crippen LogP contribution in [0.2, 0.25) is 5.02 Å². The number of Topliss-reactive ketones (excluding diaryl/α,β-unsaturated/α-hetero) is 1. The van der Waals surface area contributed by atoms with Crippen molar-refractivity contribution in [3.05, 3.63) is 66.1 Å². The highest BCUT2D eigenvalue weighted by atomic mass is 79.9. The normalized spacial score (nSPS) is 16.5. The molecule has 0 saturated heterocycles. The van der Waals surface area contributed by atoms with Gasteiger partial charge < -0.3 is 0 Å². The Balaban J connectivity index is 2.45. The van der Waals surface area contributed by atoms with Crippen LogP contribution in [0.4, 0.5) is 0 Å². The molecule has 0 atom stereocenters. The van der Waals surface area contributed by atoms with Crippen LogP contribution < -0.4 is 0 Å². The largest absolute Gasteiger partial charge is 0.289 e. The molecule has 4 heteroatoms. The van der Waals surface area contributed by atoms with Gasteiger partial charge in [-0.3, -0.25) is 4.79 Å². The Morgan fingerprint density at radius 3 is 2.70 bits per heavy atom. The minimum atomic E-state index is 0.0729. The average Bonchev–Trinajstić information content (AvgIpc) is 2.59. The zero-order valence-electron chi connectivity index (χ0n) is 13.5. The summed E-state index contributed by atoms with van der Waals surface area (Å²) in [6, 6.07) is 3.69. The molecule has 23 heavy (non-hydrogen) atoms. The van der Waals surface area contributed by atoms with E-state index in [1.54, 1.807) is 6.07 Å². The van der Waals surface area contributed by atoms with Gasteiger partial charge in [0, 0.05) is 25.1 Å². The number of rotatable bonds is 3. The monoisotopic (exact) mass is 456 g/mol. The van der Waals surface area contributed by atoms with Crippen molar-refractivity contribution in [1.29, 1.82) is 0 Å². The van der Waals surface area contributed by atoms with Crippen molar-refractivity contribution in [3.8, 4) is 0 Å². The van der Waals surface area contributed by atoms with Crippen molar-refractivity contribution in [2.45, 2.75) is 40.0 Å². The first-order valence-corrected chi connectivity index (χ1v) is 9.56. The number of hydrogen-bond donors (Lipinski definition) is 0. The molecule has 0 fully saturated rings. The number of fused-ring (bicyclic) bond motifs is 1. The topological polar surface area (TPSA) is 17.1 Å². The highest BCUT2D eigenvalue weighted by Gasteiger charge is 2.23. The van der Waals surface area contributed by atoms with Gasteiger partial charge in [0.1, 0.15) is 0 Å². The first kappa shape index (κ1) is 18.7.